The summed E-state index contributed by atoms with van der Waals surface area (Å²) in [4.78, 5) is 2.44. The van der Waals surface area contributed by atoms with Crippen molar-refractivity contribution in [2.24, 2.45) is 0 Å². The second-order valence-corrected chi connectivity index (χ2v) is 16.8. The molecule has 0 amide bonds. The van der Waals surface area contributed by atoms with Gasteiger partial charge < -0.3 is 9.32 Å². The number of hydrogen-bond donors (Lipinski definition) is 0. The van der Waals surface area contributed by atoms with Crippen LogP contribution in [0.4, 0.5) is 17.1 Å². The molecule has 0 saturated heterocycles. The number of furan rings is 1. The number of rotatable bonds is 6. The molecule has 1 heterocycles. The molecule has 9 aromatic carbocycles. The molecule has 0 N–H and O–H groups in total. The van der Waals surface area contributed by atoms with Crippen LogP contribution in [0.15, 0.2) is 217 Å². The predicted octanol–water partition coefficient (Wildman–Crippen LogP) is 15.4. The van der Waals surface area contributed by atoms with E-state index < -0.39 is 5.41 Å². The largest absolute Gasteiger partial charge is 0.454 e. The Balaban J connectivity index is 1.18. The molecule has 0 saturated carbocycles. The van der Waals surface area contributed by atoms with Crippen molar-refractivity contribution in [3.8, 4) is 33.4 Å². The van der Waals surface area contributed by atoms with Crippen molar-refractivity contribution in [1.82, 2.24) is 0 Å². The normalized spacial score (nSPS) is 14.1. The Morgan fingerprint density at radius 3 is 1.62 bits per heavy atom. The molecule has 0 radical (unpaired) electrons. The number of benzene rings is 9. The van der Waals surface area contributed by atoms with Gasteiger partial charge in [-0.3, -0.25) is 0 Å². The van der Waals surface area contributed by atoms with Gasteiger partial charge in [0.25, 0.3) is 0 Å². The first-order valence-electron chi connectivity index (χ1n) is 20.9. The van der Waals surface area contributed by atoms with Crippen molar-refractivity contribution in [2.45, 2.75) is 24.7 Å². The van der Waals surface area contributed by atoms with Gasteiger partial charge in [0.2, 0.25) is 0 Å². The summed E-state index contributed by atoms with van der Waals surface area (Å²) >= 11 is 0. The Morgan fingerprint density at radius 1 is 0.383 bits per heavy atom. The fraction of sp³-hybridized carbons (Fsp3) is 0.0690. The molecule has 10 aromatic rings. The number of fused-ring (bicyclic) bond motifs is 9. The van der Waals surface area contributed by atoms with Crippen LogP contribution in [-0.4, -0.2) is 0 Å². The zero-order valence-electron chi connectivity index (χ0n) is 33.6. The van der Waals surface area contributed by atoms with E-state index in [4.69, 9.17) is 4.42 Å². The molecule has 60 heavy (non-hydrogen) atoms. The standard InChI is InChI=1S/C58H41NO/c1-57(2)50-25-13-9-21-44(50)47-34-33-43(37-53(47)57)59(42-31-29-39(30-32-42)38-17-5-3-6-18-38)54-36-41(35-49-48-24-12-16-28-55(48)60-56(49)54)58(40-19-7-4-8-20-40)51-26-14-10-22-45(51)46-23-11-15-27-52(46)58/h3-37H,1-2H3. The Morgan fingerprint density at radius 2 is 0.917 bits per heavy atom. The maximum Gasteiger partial charge on any atom is 0.159 e. The lowest BCUT2D eigenvalue weighted by Crippen LogP contribution is -2.29. The Bertz CT molecular complexity index is 3240. The highest BCUT2D eigenvalue weighted by atomic mass is 16.3. The summed E-state index contributed by atoms with van der Waals surface area (Å²) in [6.07, 6.45) is 0. The lowest BCUT2D eigenvalue weighted by molar-refractivity contribution is 0.660. The van der Waals surface area contributed by atoms with Gasteiger partial charge in [-0.2, -0.15) is 0 Å². The average molecular weight is 768 g/mol. The summed E-state index contributed by atoms with van der Waals surface area (Å²) in [5.74, 6) is 0. The SMILES string of the molecule is CC1(C)c2ccccc2-c2ccc(N(c3ccc(-c4ccccc4)cc3)c3cc(C4(c5ccccc5)c5ccccc5-c5ccccc54)cc4c3oc3ccccc34)cc21. The smallest absolute Gasteiger partial charge is 0.159 e. The highest BCUT2D eigenvalue weighted by Crippen LogP contribution is 2.58. The first-order chi connectivity index (χ1) is 29.5. The summed E-state index contributed by atoms with van der Waals surface area (Å²) in [7, 11) is 0. The molecule has 0 spiro atoms. The van der Waals surface area contributed by atoms with Crippen molar-refractivity contribution in [3.05, 3.63) is 246 Å². The Hall–Kier alpha value is -7.42. The van der Waals surface area contributed by atoms with Crippen molar-refractivity contribution in [2.75, 3.05) is 4.90 Å². The van der Waals surface area contributed by atoms with Gasteiger partial charge in [0.1, 0.15) is 5.58 Å². The van der Waals surface area contributed by atoms with Gasteiger partial charge in [0.15, 0.2) is 5.58 Å². The molecular weight excluding hydrogens is 727 g/mol. The summed E-state index contributed by atoms with van der Waals surface area (Å²) in [6, 6.07) is 78.0. The highest BCUT2D eigenvalue weighted by Gasteiger charge is 2.47. The van der Waals surface area contributed by atoms with Crippen LogP contribution in [0.3, 0.4) is 0 Å². The van der Waals surface area contributed by atoms with Gasteiger partial charge >= 0.3 is 0 Å². The maximum atomic E-state index is 7.04. The molecule has 2 nitrogen and oxygen atoms in total. The van der Waals surface area contributed by atoms with Gasteiger partial charge in [-0.15, -0.1) is 0 Å². The van der Waals surface area contributed by atoms with Crippen LogP contribution in [0.5, 0.6) is 0 Å². The molecule has 12 rings (SSSR count). The van der Waals surface area contributed by atoms with Crippen LogP contribution in [-0.2, 0) is 10.8 Å². The summed E-state index contributed by atoms with van der Waals surface area (Å²) < 4.78 is 7.04. The molecule has 0 bridgehead atoms. The van der Waals surface area contributed by atoms with Crippen LogP contribution in [0.25, 0.3) is 55.3 Å². The van der Waals surface area contributed by atoms with Gasteiger partial charge in [-0.1, -0.05) is 184 Å². The minimum Gasteiger partial charge on any atom is -0.454 e. The minimum atomic E-state index is -0.597. The fourth-order valence-electron chi connectivity index (χ4n) is 10.6. The van der Waals surface area contributed by atoms with Gasteiger partial charge in [0.05, 0.1) is 11.1 Å². The molecule has 2 aliphatic carbocycles. The maximum absolute atomic E-state index is 7.04. The molecule has 0 fully saturated rings. The molecule has 0 atom stereocenters. The molecular formula is C58H41NO. The average Bonchev–Trinajstić information content (AvgIpc) is 3.91. The van der Waals surface area contributed by atoms with Crippen LogP contribution < -0.4 is 4.90 Å². The van der Waals surface area contributed by atoms with Crippen LogP contribution in [0.2, 0.25) is 0 Å². The van der Waals surface area contributed by atoms with E-state index in [-0.39, 0.29) is 5.41 Å². The fourth-order valence-corrected chi connectivity index (χ4v) is 10.6. The summed E-state index contributed by atoms with van der Waals surface area (Å²) in [5, 5.41) is 2.19. The van der Waals surface area contributed by atoms with E-state index in [2.05, 4.69) is 231 Å². The van der Waals surface area contributed by atoms with Crippen molar-refractivity contribution in [3.63, 3.8) is 0 Å². The van der Waals surface area contributed by atoms with Crippen molar-refractivity contribution >= 4 is 39.0 Å². The zero-order valence-corrected chi connectivity index (χ0v) is 33.6. The zero-order chi connectivity index (χ0) is 40.0. The van der Waals surface area contributed by atoms with Gasteiger partial charge in [-0.25, -0.2) is 0 Å². The minimum absolute atomic E-state index is 0.171. The monoisotopic (exact) mass is 767 g/mol. The van der Waals surface area contributed by atoms with Gasteiger partial charge in [-0.05, 0) is 109 Å². The van der Waals surface area contributed by atoms with E-state index in [1.807, 2.05) is 0 Å². The third-order valence-corrected chi connectivity index (χ3v) is 13.3. The molecule has 284 valence electrons. The number of hydrogen-bond acceptors (Lipinski definition) is 2. The van der Waals surface area contributed by atoms with Gasteiger partial charge in [0, 0.05) is 27.6 Å². The van der Waals surface area contributed by atoms with E-state index >= 15 is 0 Å². The molecule has 0 unspecified atom stereocenters. The number of anilines is 3. The topological polar surface area (TPSA) is 16.4 Å². The first-order valence-corrected chi connectivity index (χ1v) is 20.9. The molecule has 0 aliphatic heterocycles. The Kier molecular flexibility index (Phi) is 7.52. The van der Waals surface area contributed by atoms with Crippen molar-refractivity contribution in [1.29, 1.82) is 0 Å². The highest BCUT2D eigenvalue weighted by molar-refractivity contribution is 6.11. The Labute approximate surface area is 350 Å². The van der Waals surface area contributed by atoms with E-state index in [1.165, 1.54) is 66.8 Å². The van der Waals surface area contributed by atoms with E-state index in [0.29, 0.717) is 0 Å². The summed E-state index contributed by atoms with van der Waals surface area (Å²) in [5.41, 5.74) is 19.3. The third kappa shape index (κ3) is 4.88. The van der Waals surface area contributed by atoms with Crippen molar-refractivity contribution < 1.29 is 4.42 Å². The second kappa shape index (κ2) is 13.0. The number of nitrogens with zero attached hydrogens (tertiary/aromatic N) is 1. The summed E-state index contributed by atoms with van der Waals surface area (Å²) in [6.45, 7) is 4.72. The first kappa shape index (κ1) is 34.6. The molecule has 1 aromatic heterocycles. The molecule has 2 heteroatoms. The van der Waals surface area contributed by atoms with E-state index in [9.17, 15) is 0 Å². The molecule has 2 aliphatic rings. The quantitative estimate of drug-likeness (QED) is 0.168. The van der Waals surface area contributed by atoms with E-state index in [1.54, 1.807) is 0 Å². The second-order valence-electron chi connectivity index (χ2n) is 16.8. The third-order valence-electron chi connectivity index (χ3n) is 13.3. The lowest BCUT2D eigenvalue weighted by atomic mass is 9.67. The van der Waals surface area contributed by atoms with E-state index in [0.717, 1.165) is 39.0 Å². The van der Waals surface area contributed by atoms with Crippen LogP contribution in [0.1, 0.15) is 47.2 Å². The van der Waals surface area contributed by atoms with Crippen LogP contribution >= 0.6 is 0 Å². The number of para-hydroxylation sites is 1. The predicted molar refractivity (Wildman–Crippen MR) is 249 cm³/mol. The van der Waals surface area contributed by atoms with Crippen LogP contribution in [0, 0.1) is 0 Å². The lowest BCUT2D eigenvalue weighted by Gasteiger charge is -2.35.